The van der Waals surface area contributed by atoms with E-state index in [2.05, 4.69) is 34.3 Å². The molecule has 0 aromatic carbocycles. The second kappa shape index (κ2) is 6.73. The van der Waals surface area contributed by atoms with Gasteiger partial charge in [0.15, 0.2) is 0 Å². The van der Waals surface area contributed by atoms with Crippen molar-refractivity contribution in [1.29, 1.82) is 0 Å². The summed E-state index contributed by atoms with van der Waals surface area (Å²) in [5.41, 5.74) is 0. The Morgan fingerprint density at radius 1 is 1.22 bits per heavy atom. The first-order valence-corrected chi connectivity index (χ1v) is 7.13. The van der Waals surface area contributed by atoms with Gasteiger partial charge in [0.2, 0.25) is 5.89 Å². The molecule has 0 saturated carbocycles. The lowest BCUT2D eigenvalue weighted by Crippen LogP contribution is -2.24. The minimum Gasteiger partial charge on any atom is -0.406 e. The van der Waals surface area contributed by atoms with Crippen molar-refractivity contribution < 1.29 is 4.42 Å². The van der Waals surface area contributed by atoms with Crippen LogP contribution < -0.4 is 10.2 Å². The average molecular weight is 252 g/mol. The van der Waals surface area contributed by atoms with Gasteiger partial charge in [0, 0.05) is 13.1 Å². The summed E-state index contributed by atoms with van der Waals surface area (Å²) < 4.78 is 5.78. The van der Waals surface area contributed by atoms with Crippen LogP contribution in [0.4, 0.5) is 6.01 Å². The van der Waals surface area contributed by atoms with Gasteiger partial charge in [0.25, 0.3) is 0 Å². The van der Waals surface area contributed by atoms with Crippen molar-refractivity contribution in [3.8, 4) is 0 Å². The fourth-order valence-electron chi connectivity index (χ4n) is 2.24. The molecular weight excluding hydrogens is 228 g/mol. The lowest BCUT2D eigenvalue weighted by atomic mass is 10.2. The SMILES string of the molecule is CCCNC(C)c1nnc(N2CCCCCC2)o1. The maximum absolute atomic E-state index is 5.78. The van der Waals surface area contributed by atoms with Gasteiger partial charge in [-0.3, -0.25) is 0 Å². The lowest BCUT2D eigenvalue weighted by molar-refractivity contribution is 0.414. The number of nitrogens with one attached hydrogen (secondary N) is 1. The Morgan fingerprint density at radius 3 is 2.61 bits per heavy atom. The van der Waals surface area contributed by atoms with Crippen LogP contribution >= 0.6 is 0 Å². The van der Waals surface area contributed by atoms with Crippen LogP contribution in [0.15, 0.2) is 4.42 Å². The zero-order chi connectivity index (χ0) is 12.8. The van der Waals surface area contributed by atoms with Crippen LogP contribution in [0.5, 0.6) is 0 Å². The van der Waals surface area contributed by atoms with Crippen molar-refractivity contribution >= 4 is 6.01 Å². The van der Waals surface area contributed by atoms with E-state index in [1.165, 1.54) is 25.7 Å². The van der Waals surface area contributed by atoms with Gasteiger partial charge in [-0.2, -0.15) is 0 Å². The van der Waals surface area contributed by atoms with Gasteiger partial charge in [-0.1, -0.05) is 24.9 Å². The number of anilines is 1. The fraction of sp³-hybridized carbons (Fsp3) is 0.846. The standard InChI is InChI=1S/C13H24N4O/c1-3-8-14-11(2)12-15-16-13(18-12)17-9-6-4-5-7-10-17/h11,14H,3-10H2,1-2H3. The van der Waals surface area contributed by atoms with Gasteiger partial charge < -0.3 is 14.6 Å². The maximum atomic E-state index is 5.78. The fourth-order valence-corrected chi connectivity index (χ4v) is 2.24. The van der Waals surface area contributed by atoms with Gasteiger partial charge in [-0.25, -0.2) is 0 Å². The molecule has 1 aliphatic heterocycles. The van der Waals surface area contributed by atoms with Crippen LogP contribution in [0.1, 0.15) is 57.9 Å². The largest absolute Gasteiger partial charge is 0.406 e. The Bertz CT molecular complexity index is 345. The summed E-state index contributed by atoms with van der Waals surface area (Å²) in [7, 11) is 0. The van der Waals surface area contributed by atoms with Crippen LogP contribution in [-0.4, -0.2) is 29.8 Å². The molecule has 0 aliphatic carbocycles. The van der Waals surface area contributed by atoms with Gasteiger partial charge in [-0.05, 0) is 32.7 Å². The highest BCUT2D eigenvalue weighted by Gasteiger charge is 2.18. The Hall–Kier alpha value is -1.10. The van der Waals surface area contributed by atoms with Crippen LogP contribution in [-0.2, 0) is 0 Å². The van der Waals surface area contributed by atoms with Crippen LogP contribution in [0.25, 0.3) is 0 Å². The third-order valence-corrected chi connectivity index (χ3v) is 3.38. The summed E-state index contributed by atoms with van der Waals surface area (Å²) in [6.45, 7) is 7.27. The average Bonchev–Trinajstić information content (AvgIpc) is 2.72. The number of nitrogens with zero attached hydrogens (tertiary/aromatic N) is 3. The first kappa shape index (κ1) is 13.3. The molecule has 1 aromatic heterocycles. The molecule has 18 heavy (non-hydrogen) atoms. The summed E-state index contributed by atoms with van der Waals surface area (Å²) in [5, 5.41) is 11.7. The predicted octanol–water partition coefficient (Wildman–Crippen LogP) is 2.51. The molecule has 1 fully saturated rings. The van der Waals surface area contributed by atoms with Gasteiger partial charge in [0.1, 0.15) is 0 Å². The smallest absolute Gasteiger partial charge is 0.318 e. The van der Waals surface area contributed by atoms with Crippen molar-refractivity contribution in [2.75, 3.05) is 24.5 Å². The van der Waals surface area contributed by atoms with Crippen molar-refractivity contribution in [2.45, 2.75) is 52.0 Å². The van der Waals surface area contributed by atoms with Crippen LogP contribution in [0.2, 0.25) is 0 Å². The summed E-state index contributed by atoms with van der Waals surface area (Å²) in [4.78, 5) is 2.22. The molecule has 1 atom stereocenters. The number of rotatable bonds is 5. The minimum absolute atomic E-state index is 0.137. The van der Waals surface area contributed by atoms with E-state index in [0.717, 1.165) is 26.1 Å². The molecule has 1 saturated heterocycles. The molecule has 0 radical (unpaired) electrons. The Balaban J connectivity index is 1.95. The van der Waals surface area contributed by atoms with Crippen molar-refractivity contribution in [2.24, 2.45) is 0 Å². The molecule has 2 heterocycles. The van der Waals surface area contributed by atoms with Crippen molar-refractivity contribution in [3.63, 3.8) is 0 Å². The number of hydrogen-bond donors (Lipinski definition) is 1. The highest BCUT2D eigenvalue weighted by atomic mass is 16.4. The van der Waals surface area contributed by atoms with E-state index in [0.29, 0.717) is 11.9 Å². The van der Waals surface area contributed by atoms with E-state index in [1.54, 1.807) is 0 Å². The third-order valence-electron chi connectivity index (χ3n) is 3.38. The molecule has 5 nitrogen and oxygen atoms in total. The van der Waals surface area contributed by atoms with E-state index in [-0.39, 0.29) is 6.04 Å². The van der Waals surface area contributed by atoms with Crippen molar-refractivity contribution in [1.82, 2.24) is 15.5 Å². The van der Waals surface area contributed by atoms with Gasteiger partial charge in [-0.15, -0.1) is 5.10 Å². The third kappa shape index (κ3) is 3.45. The zero-order valence-electron chi connectivity index (χ0n) is 11.5. The zero-order valence-corrected chi connectivity index (χ0v) is 11.5. The molecule has 1 unspecified atom stereocenters. The van der Waals surface area contributed by atoms with Crippen molar-refractivity contribution in [3.05, 3.63) is 5.89 Å². The van der Waals surface area contributed by atoms with Gasteiger partial charge in [0.05, 0.1) is 6.04 Å². The van der Waals surface area contributed by atoms with E-state index >= 15 is 0 Å². The van der Waals surface area contributed by atoms with Crippen LogP contribution in [0.3, 0.4) is 0 Å². The molecular formula is C13H24N4O. The molecule has 0 amide bonds. The molecule has 2 rings (SSSR count). The Labute approximate surface area is 109 Å². The molecule has 102 valence electrons. The summed E-state index contributed by atoms with van der Waals surface area (Å²) in [6.07, 6.45) is 6.18. The van der Waals surface area contributed by atoms with E-state index < -0.39 is 0 Å². The van der Waals surface area contributed by atoms with E-state index in [9.17, 15) is 0 Å². The molecule has 0 bridgehead atoms. The number of aromatic nitrogens is 2. The summed E-state index contributed by atoms with van der Waals surface area (Å²) in [6, 6.07) is 0.829. The monoisotopic (exact) mass is 252 g/mol. The molecule has 1 N–H and O–H groups in total. The van der Waals surface area contributed by atoms with Gasteiger partial charge >= 0.3 is 6.01 Å². The molecule has 1 aliphatic rings. The topological polar surface area (TPSA) is 54.2 Å². The Kier molecular flexibility index (Phi) is 4.99. The normalized spacial score (nSPS) is 18.7. The van der Waals surface area contributed by atoms with E-state index in [1.807, 2.05) is 0 Å². The number of hydrogen-bond acceptors (Lipinski definition) is 5. The molecule has 1 aromatic rings. The minimum atomic E-state index is 0.137. The predicted molar refractivity (Wildman–Crippen MR) is 71.7 cm³/mol. The summed E-state index contributed by atoms with van der Waals surface area (Å²) >= 11 is 0. The Morgan fingerprint density at radius 2 is 1.94 bits per heavy atom. The summed E-state index contributed by atoms with van der Waals surface area (Å²) in [5.74, 6) is 0.697. The first-order valence-electron chi connectivity index (χ1n) is 7.13. The van der Waals surface area contributed by atoms with E-state index in [4.69, 9.17) is 4.42 Å². The quantitative estimate of drug-likeness (QED) is 0.872. The lowest BCUT2D eigenvalue weighted by Gasteiger charge is -2.16. The van der Waals surface area contributed by atoms with Crippen LogP contribution in [0, 0.1) is 0 Å². The second-order valence-electron chi connectivity index (χ2n) is 5.00. The highest BCUT2D eigenvalue weighted by Crippen LogP contribution is 2.20. The first-order chi connectivity index (χ1) is 8.81. The molecule has 0 spiro atoms. The molecule has 5 heteroatoms. The highest BCUT2D eigenvalue weighted by molar-refractivity contribution is 5.24. The second-order valence-corrected chi connectivity index (χ2v) is 5.00. The maximum Gasteiger partial charge on any atom is 0.318 e.